The van der Waals surface area contributed by atoms with Gasteiger partial charge in [0.2, 0.25) is 5.91 Å². The van der Waals surface area contributed by atoms with Crippen molar-refractivity contribution in [2.75, 3.05) is 4.90 Å². The summed E-state index contributed by atoms with van der Waals surface area (Å²) in [5, 5.41) is 0.711. The second-order valence-corrected chi connectivity index (χ2v) is 6.12. The second-order valence-electron chi connectivity index (χ2n) is 5.11. The maximum atomic E-state index is 12.0. The van der Waals surface area contributed by atoms with E-state index in [4.69, 9.17) is 4.42 Å². The average molecular weight is 300 g/mol. The third kappa shape index (κ3) is 2.69. The molecule has 0 saturated heterocycles. The van der Waals surface area contributed by atoms with Crippen LogP contribution in [0.4, 0.5) is 5.13 Å². The smallest absolute Gasteiger partial charge is 0.226 e. The van der Waals surface area contributed by atoms with E-state index in [0.29, 0.717) is 11.7 Å². The number of furan rings is 1. The molecule has 0 bridgehead atoms. The monoisotopic (exact) mass is 300 g/mol. The number of thiazole rings is 1. The van der Waals surface area contributed by atoms with Crippen molar-refractivity contribution < 1.29 is 9.21 Å². The zero-order valence-electron chi connectivity index (χ0n) is 12.2. The Hall–Kier alpha value is -2.14. The van der Waals surface area contributed by atoms with E-state index in [-0.39, 0.29) is 5.91 Å². The van der Waals surface area contributed by atoms with Gasteiger partial charge in [0.05, 0.1) is 23.0 Å². The molecular formula is C16H16N2O2S. The first-order chi connectivity index (χ1) is 10.0. The van der Waals surface area contributed by atoms with E-state index >= 15 is 0 Å². The van der Waals surface area contributed by atoms with Gasteiger partial charge in [0.25, 0.3) is 0 Å². The normalized spacial score (nSPS) is 11.0. The fourth-order valence-electron chi connectivity index (χ4n) is 2.35. The summed E-state index contributed by atoms with van der Waals surface area (Å²) in [6, 6.07) is 7.89. The van der Waals surface area contributed by atoms with Crippen molar-refractivity contribution in [2.24, 2.45) is 0 Å². The van der Waals surface area contributed by atoms with E-state index in [9.17, 15) is 4.79 Å². The number of anilines is 1. The number of aromatic nitrogens is 1. The fraction of sp³-hybridized carbons (Fsp3) is 0.250. The van der Waals surface area contributed by atoms with Crippen LogP contribution in [0.2, 0.25) is 0 Å². The molecule has 4 nitrogen and oxygen atoms in total. The van der Waals surface area contributed by atoms with E-state index in [1.165, 1.54) is 16.9 Å². The summed E-state index contributed by atoms with van der Waals surface area (Å²) in [4.78, 5) is 18.2. The lowest BCUT2D eigenvalue weighted by atomic mass is 10.1. The van der Waals surface area contributed by atoms with Crippen molar-refractivity contribution in [1.82, 2.24) is 4.98 Å². The summed E-state index contributed by atoms with van der Waals surface area (Å²) in [6.45, 7) is 6.06. The molecule has 2 heterocycles. The minimum atomic E-state index is -0.0418. The Kier molecular flexibility index (Phi) is 3.51. The van der Waals surface area contributed by atoms with Gasteiger partial charge < -0.3 is 4.42 Å². The average Bonchev–Trinajstić information content (AvgIpc) is 3.03. The number of rotatable bonds is 3. The highest BCUT2D eigenvalue weighted by Gasteiger charge is 2.18. The van der Waals surface area contributed by atoms with E-state index < -0.39 is 0 Å². The Morgan fingerprint density at radius 2 is 2.19 bits per heavy atom. The highest BCUT2D eigenvalue weighted by Crippen LogP contribution is 2.32. The second kappa shape index (κ2) is 5.33. The van der Waals surface area contributed by atoms with Gasteiger partial charge in [0.1, 0.15) is 5.76 Å². The van der Waals surface area contributed by atoms with Gasteiger partial charge in [-0.1, -0.05) is 17.4 Å². The Labute approximate surface area is 127 Å². The van der Waals surface area contributed by atoms with Crippen LogP contribution < -0.4 is 4.90 Å². The van der Waals surface area contributed by atoms with Crippen LogP contribution in [0.25, 0.3) is 10.2 Å². The molecule has 0 unspecified atom stereocenters. The number of benzene rings is 1. The first-order valence-electron chi connectivity index (χ1n) is 6.73. The number of amides is 1. The third-order valence-electron chi connectivity index (χ3n) is 3.32. The molecule has 0 radical (unpaired) electrons. The molecule has 0 aliphatic heterocycles. The Bertz CT molecular complexity index is 790. The number of fused-ring (bicyclic) bond motifs is 1. The largest absolute Gasteiger partial charge is 0.467 e. The Balaban J connectivity index is 2.03. The highest BCUT2D eigenvalue weighted by atomic mass is 32.1. The van der Waals surface area contributed by atoms with Crippen molar-refractivity contribution in [3.05, 3.63) is 47.4 Å². The number of hydrogen-bond donors (Lipinski definition) is 0. The molecule has 108 valence electrons. The topological polar surface area (TPSA) is 46.3 Å². The van der Waals surface area contributed by atoms with Gasteiger partial charge in [0, 0.05) is 6.92 Å². The van der Waals surface area contributed by atoms with Crippen LogP contribution in [0.3, 0.4) is 0 Å². The molecule has 3 aromatic rings. The molecule has 0 aliphatic rings. The maximum Gasteiger partial charge on any atom is 0.226 e. The van der Waals surface area contributed by atoms with E-state index in [0.717, 1.165) is 21.5 Å². The van der Waals surface area contributed by atoms with E-state index in [1.54, 1.807) is 18.1 Å². The molecule has 1 aromatic carbocycles. The molecule has 3 rings (SSSR count). The molecule has 5 heteroatoms. The van der Waals surface area contributed by atoms with Crippen LogP contribution in [0.15, 0.2) is 34.9 Å². The van der Waals surface area contributed by atoms with Crippen molar-refractivity contribution in [1.29, 1.82) is 0 Å². The summed E-state index contributed by atoms with van der Waals surface area (Å²) in [7, 11) is 0. The Morgan fingerprint density at radius 1 is 1.38 bits per heavy atom. The van der Waals surface area contributed by atoms with Gasteiger partial charge in [-0.05, 0) is 43.2 Å². The minimum Gasteiger partial charge on any atom is -0.467 e. The quantitative estimate of drug-likeness (QED) is 0.733. The van der Waals surface area contributed by atoms with Crippen molar-refractivity contribution in [3.8, 4) is 0 Å². The third-order valence-corrected chi connectivity index (χ3v) is 4.35. The van der Waals surface area contributed by atoms with Gasteiger partial charge >= 0.3 is 0 Å². The number of carbonyl (C=O) groups is 1. The van der Waals surface area contributed by atoms with E-state index in [2.05, 4.69) is 24.0 Å². The highest BCUT2D eigenvalue weighted by molar-refractivity contribution is 7.22. The first kappa shape index (κ1) is 13.8. The number of nitrogens with zero attached hydrogens (tertiary/aromatic N) is 2. The minimum absolute atomic E-state index is 0.0418. The molecule has 2 aromatic heterocycles. The predicted octanol–water partition coefficient (Wildman–Crippen LogP) is 4.06. The number of carbonyl (C=O) groups excluding carboxylic acids is 1. The van der Waals surface area contributed by atoms with Crippen molar-refractivity contribution in [2.45, 2.75) is 27.3 Å². The SMILES string of the molecule is CC(=O)N(Cc1ccco1)c1nc2c(C)cc(C)cc2s1. The molecule has 0 N–H and O–H groups in total. The zero-order chi connectivity index (χ0) is 15.0. The molecule has 0 spiro atoms. The van der Waals surface area contributed by atoms with Crippen LogP contribution in [-0.2, 0) is 11.3 Å². The van der Waals surface area contributed by atoms with Crippen LogP contribution >= 0.6 is 11.3 Å². The molecule has 0 aliphatic carbocycles. The summed E-state index contributed by atoms with van der Waals surface area (Å²) in [5.74, 6) is 0.706. The predicted molar refractivity (Wildman–Crippen MR) is 84.7 cm³/mol. The molecule has 21 heavy (non-hydrogen) atoms. The van der Waals surface area contributed by atoms with Crippen molar-refractivity contribution in [3.63, 3.8) is 0 Å². The van der Waals surface area contributed by atoms with Crippen LogP contribution in [0, 0.1) is 13.8 Å². The lowest BCUT2D eigenvalue weighted by Crippen LogP contribution is -2.27. The van der Waals surface area contributed by atoms with Crippen LogP contribution in [0.5, 0.6) is 0 Å². The van der Waals surface area contributed by atoms with Gasteiger partial charge in [-0.2, -0.15) is 0 Å². The zero-order valence-corrected chi connectivity index (χ0v) is 13.0. The molecule has 0 fully saturated rings. The van der Waals surface area contributed by atoms with Crippen LogP contribution in [-0.4, -0.2) is 10.9 Å². The maximum absolute atomic E-state index is 12.0. The van der Waals surface area contributed by atoms with E-state index in [1.807, 2.05) is 19.1 Å². The summed E-state index contributed by atoms with van der Waals surface area (Å²) in [5.41, 5.74) is 3.30. The summed E-state index contributed by atoms with van der Waals surface area (Å²) >= 11 is 1.54. The first-order valence-corrected chi connectivity index (χ1v) is 7.54. The molecule has 0 atom stereocenters. The van der Waals surface area contributed by atoms with Gasteiger partial charge in [0.15, 0.2) is 5.13 Å². The standard InChI is InChI=1S/C16H16N2O2S/c1-10-7-11(2)15-14(8-10)21-16(17-15)18(12(3)19)9-13-5-4-6-20-13/h4-8H,9H2,1-3H3. The molecule has 1 amide bonds. The summed E-state index contributed by atoms with van der Waals surface area (Å²) in [6.07, 6.45) is 1.61. The lowest BCUT2D eigenvalue weighted by molar-refractivity contribution is -0.116. The Morgan fingerprint density at radius 3 is 2.86 bits per heavy atom. The fourth-order valence-corrected chi connectivity index (χ4v) is 3.53. The van der Waals surface area contributed by atoms with Gasteiger partial charge in [-0.15, -0.1) is 0 Å². The van der Waals surface area contributed by atoms with Gasteiger partial charge in [-0.25, -0.2) is 4.98 Å². The number of hydrogen-bond acceptors (Lipinski definition) is 4. The van der Waals surface area contributed by atoms with Gasteiger partial charge in [-0.3, -0.25) is 9.69 Å². The number of aryl methyl sites for hydroxylation is 2. The lowest BCUT2D eigenvalue weighted by Gasteiger charge is -2.15. The van der Waals surface area contributed by atoms with Crippen LogP contribution in [0.1, 0.15) is 23.8 Å². The van der Waals surface area contributed by atoms with Crippen molar-refractivity contribution >= 4 is 32.6 Å². The summed E-state index contributed by atoms with van der Waals surface area (Å²) < 4.78 is 6.44. The molecule has 0 saturated carbocycles. The molecular weight excluding hydrogens is 284 g/mol.